The van der Waals surface area contributed by atoms with Gasteiger partial charge in [0.25, 0.3) is 5.89 Å². The minimum absolute atomic E-state index is 0.394. The third kappa shape index (κ3) is 2.05. The largest absolute Gasteiger partial charge is 0.352 e. The van der Waals surface area contributed by atoms with Crippen LogP contribution in [0.25, 0.3) is 11.5 Å². The normalized spacial score (nSPS) is 28.7. The maximum atomic E-state index is 8.84. The van der Waals surface area contributed by atoms with Crippen LogP contribution in [0.4, 0.5) is 0 Å². The Hall–Kier alpha value is -2.13. The molecule has 2 saturated heterocycles. The fourth-order valence-electron chi connectivity index (χ4n) is 3.72. The molecule has 21 heavy (non-hydrogen) atoms. The van der Waals surface area contributed by atoms with E-state index in [9.17, 15) is 0 Å². The fraction of sp³-hybridized carbons (Fsp3) is 0.533. The first-order valence-electron chi connectivity index (χ1n) is 7.39. The lowest BCUT2D eigenvalue weighted by molar-refractivity contribution is 0.157. The van der Waals surface area contributed by atoms with Gasteiger partial charge in [0.05, 0.1) is 5.56 Å². The third-order valence-corrected chi connectivity index (χ3v) is 4.96. The van der Waals surface area contributed by atoms with Crippen LogP contribution < -0.4 is 0 Å². The Labute approximate surface area is 122 Å². The molecular formula is C15H17N5O. The summed E-state index contributed by atoms with van der Waals surface area (Å²) in [7, 11) is 2.23. The maximum absolute atomic E-state index is 8.84. The average Bonchev–Trinajstić information content (AvgIpc) is 3.18. The molecule has 0 aromatic carbocycles. The Kier molecular flexibility index (Phi) is 2.82. The van der Waals surface area contributed by atoms with Crippen molar-refractivity contribution in [3.8, 4) is 17.5 Å². The molecule has 2 aliphatic heterocycles. The Morgan fingerprint density at radius 3 is 2.81 bits per heavy atom. The summed E-state index contributed by atoms with van der Waals surface area (Å²) in [6.45, 7) is 0. The monoisotopic (exact) mass is 283 g/mol. The van der Waals surface area contributed by atoms with Gasteiger partial charge in [-0.3, -0.25) is 0 Å². The van der Waals surface area contributed by atoms with Gasteiger partial charge in [0.2, 0.25) is 0 Å². The molecule has 2 atom stereocenters. The van der Waals surface area contributed by atoms with Gasteiger partial charge in [-0.25, -0.2) is 0 Å². The molecule has 6 heteroatoms. The molecule has 0 amide bonds. The first-order chi connectivity index (χ1) is 10.2. The topological polar surface area (TPSA) is 81.7 Å². The summed E-state index contributed by atoms with van der Waals surface area (Å²) in [5.41, 5.74) is 1.28. The van der Waals surface area contributed by atoms with E-state index in [4.69, 9.17) is 9.78 Å². The second-order valence-corrected chi connectivity index (χ2v) is 6.09. The van der Waals surface area contributed by atoms with Crippen molar-refractivity contribution in [2.75, 3.05) is 7.05 Å². The van der Waals surface area contributed by atoms with Crippen molar-refractivity contribution in [3.05, 3.63) is 23.8 Å². The lowest BCUT2D eigenvalue weighted by Crippen LogP contribution is -2.39. The lowest BCUT2D eigenvalue weighted by Gasteiger charge is -2.34. The van der Waals surface area contributed by atoms with Crippen LogP contribution in [0.3, 0.4) is 0 Å². The highest BCUT2D eigenvalue weighted by molar-refractivity contribution is 5.54. The average molecular weight is 283 g/mol. The minimum atomic E-state index is 0.394. The molecule has 2 aromatic heterocycles. The van der Waals surface area contributed by atoms with Crippen molar-refractivity contribution < 1.29 is 4.52 Å². The highest BCUT2D eigenvalue weighted by atomic mass is 16.5. The molecule has 108 valence electrons. The molecule has 4 heterocycles. The number of hydrogen-bond donors (Lipinski definition) is 1. The van der Waals surface area contributed by atoms with E-state index in [1.54, 1.807) is 12.3 Å². The zero-order valence-electron chi connectivity index (χ0n) is 11.9. The van der Waals surface area contributed by atoms with E-state index in [1.165, 1.54) is 12.8 Å². The number of nitriles is 1. The van der Waals surface area contributed by atoms with Crippen LogP contribution in [0.2, 0.25) is 0 Å². The summed E-state index contributed by atoms with van der Waals surface area (Å²) in [5, 5.41) is 13.0. The zero-order chi connectivity index (χ0) is 14.4. The molecule has 0 aliphatic carbocycles. The van der Waals surface area contributed by atoms with Crippen LogP contribution >= 0.6 is 0 Å². The number of H-pyrrole nitrogens is 1. The van der Waals surface area contributed by atoms with E-state index in [2.05, 4.69) is 33.1 Å². The van der Waals surface area contributed by atoms with Crippen molar-refractivity contribution in [2.24, 2.45) is 0 Å². The molecule has 1 N–H and O–H groups in total. The molecule has 2 aliphatic rings. The molecular weight excluding hydrogens is 266 g/mol. The van der Waals surface area contributed by atoms with E-state index in [1.807, 2.05) is 0 Å². The van der Waals surface area contributed by atoms with Gasteiger partial charge in [-0.05, 0) is 38.8 Å². The van der Waals surface area contributed by atoms with Gasteiger partial charge in [0, 0.05) is 24.2 Å². The van der Waals surface area contributed by atoms with Crippen LogP contribution in [0.15, 0.2) is 16.8 Å². The van der Waals surface area contributed by atoms with Crippen LogP contribution in [0, 0.1) is 11.3 Å². The summed E-state index contributed by atoms with van der Waals surface area (Å²) >= 11 is 0. The highest BCUT2D eigenvalue weighted by Gasteiger charge is 2.40. The van der Waals surface area contributed by atoms with Crippen molar-refractivity contribution in [1.29, 1.82) is 5.26 Å². The van der Waals surface area contributed by atoms with Crippen molar-refractivity contribution in [2.45, 2.75) is 43.7 Å². The van der Waals surface area contributed by atoms with Gasteiger partial charge in [-0.2, -0.15) is 10.2 Å². The smallest absolute Gasteiger partial charge is 0.259 e. The summed E-state index contributed by atoms with van der Waals surface area (Å²) in [6.07, 6.45) is 6.52. The second kappa shape index (κ2) is 4.71. The predicted octanol–water partition coefficient (Wildman–Crippen LogP) is 2.28. The summed E-state index contributed by atoms with van der Waals surface area (Å²) < 4.78 is 5.38. The number of aromatic amines is 1. The van der Waals surface area contributed by atoms with Crippen molar-refractivity contribution in [1.82, 2.24) is 20.0 Å². The van der Waals surface area contributed by atoms with Crippen LogP contribution in [0.5, 0.6) is 0 Å². The molecule has 0 radical (unpaired) electrons. The van der Waals surface area contributed by atoms with Gasteiger partial charge in [0.15, 0.2) is 5.82 Å². The maximum Gasteiger partial charge on any atom is 0.259 e. The Balaban J connectivity index is 1.56. The van der Waals surface area contributed by atoms with Gasteiger partial charge >= 0.3 is 0 Å². The van der Waals surface area contributed by atoms with E-state index < -0.39 is 0 Å². The van der Waals surface area contributed by atoms with E-state index in [0.29, 0.717) is 29.6 Å². The van der Waals surface area contributed by atoms with E-state index in [0.717, 1.165) is 24.2 Å². The number of nitrogens with one attached hydrogen (secondary N) is 1. The number of fused-ring (bicyclic) bond motifs is 2. The molecule has 2 aromatic rings. The van der Waals surface area contributed by atoms with Crippen molar-refractivity contribution >= 4 is 0 Å². The van der Waals surface area contributed by atoms with Crippen LogP contribution in [-0.4, -0.2) is 39.2 Å². The molecule has 0 spiro atoms. The van der Waals surface area contributed by atoms with Gasteiger partial charge in [0.1, 0.15) is 11.8 Å². The first-order valence-corrected chi connectivity index (χ1v) is 7.39. The zero-order valence-corrected chi connectivity index (χ0v) is 11.9. The standard InChI is InChI=1S/C15H17N5O/c1-20-12-2-3-13(20)6-9(5-12)14-18-15(21-19-14)10-4-11(7-16)17-8-10/h4,8-9,12-13,17H,2-3,5-6H2,1H3. The van der Waals surface area contributed by atoms with Crippen LogP contribution in [-0.2, 0) is 0 Å². The predicted molar refractivity (Wildman–Crippen MR) is 75.3 cm³/mol. The van der Waals surface area contributed by atoms with Gasteiger partial charge in [-0.15, -0.1) is 0 Å². The summed E-state index contributed by atoms with van der Waals surface area (Å²) in [4.78, 5) is 9.93. The molecule has 2 bridgehead atoms. The van der Waals surface area contributed by atoms with E-state index in [-0.39, 0.29) is 0 Å². The Morgan fingerprint density at radius 1 is 1.38 bits per heavy atom. The Bertz CT molecular complexity index is 683. The number of piperidine rings is 1. The van der Waals surface area contributed by atoms with E-state index >= 15 is 0 Å². The SMILES string of the molecule is CN1C2CCC1CC(c1noc(-c3c[nH]c(C#N)c3)n1)C2. The van der Waals surface area contributed by atoms with Crippen LogP contribution in [0.1, 0.15) is 43.1 Å². The first kappa shape index (κ1) is 12.6. The number of nitrogens with zero attached hydrogens (tertiary/aromatic N) is 4. The number of aromatic nitrogens is 3. The fourth-order valence-corrected chi connectivity index (χ4v) is 3.72. The number of hydrogen-bond acceptors (Lipinski definition) is 5. The second-order valence-electron chi connectivity index (χ2n) is 6.09. The van der Waals surface area contributed by atoms with Crippen molar-refractivity contribution in [3.63, 3.8) is 0 Å². The molecule has 6 nitrogen and oxygen atoms in total. The van der Waals surface area contributed by atoms with Gasteiger partial charge in [-0.1, -0.05) is 5.16 Å². The van der Waals surface area contributed by atoms with Gasteiger partial charge < -0.3 is 14.4 Å². The quantitative estimate of drug-likeness (QED) is 0.914. The molecule has 2 unspecified atom stereocenters. The molecule has 2 fully saturated rings. The third-order valence-electron chi connectivity index (χ3n) is 4.96. The number of rotatable bonds is 2. The highest BCUT2D eigenvalue weighted by Crippen LogP contribution is 2.41. The summed E-state index contributed by atoms with van der Waals surface area (Å²) in [6, 6.07) is 5.11. The molecule has 4 rings (SSSR count). The molecule has 0 saturated carbocycles. The summed E-state index contributed by atoms with van der Waals surface area (Å²) in [5.74, 6) is 1.70. The lowest BCUT2D eigenvalue weighted by atomic mass is 9.90. The Morgan fingerprint density at radius 2 is 2.14 bits per heavy atom. The minimum Gasteiger partial charge on any atom is -0.352 e.